The number of rotatable bonds is 5. The first-order valence-corrected chi connectivity index (χ1v) is 6.19. The first kappa shape index (κ1) is 16.1. The second kappa shape index (κ2) is 6.98. The molecule has 0 aromatic heterocycles. The van der Waals surface area contributed by atoms with Gasteiger partial charge in [-0.2, -0.15) is 0 Å². The Hall–Kier alpha value is -1.98. The molecule has 1 aromatic carbocycles. The molecule has 0 bridgehead atoms. The van der Waals surface area contributed by atoms with E-state index in [0.717, 1.165) is 18.2 Å². The summed E-state index contributed by atoms with van der Waals surface area (Å²) in [7, 11) is 1.19. The highest BCUT2D eigenvalue weighted by Crippen LogP contribution is 2.13. The minimum Gasteiger partial charge on any atom is -0.467 e. The molecular formula is C14H17F2NO3. The zero-order valence-corrected chi connectivity index (χ0v) is 11.6. The lowest BCUT2D eigenvalue weighted by atomic mass is 10.0. The average molecular weight is 285 g/mol. The number of hydrogen-bond donors (Lipinski definition) is 1. The molecule has 20 heavy (non-hydrogen) atoms. The quantitative estimate of drug-likeness (QED) is 0.844. The van der Waals surface area contributed by atoms with Gasteiger partial charge in [-0.1, -0.05) is 19.9 Å². The van der Waals surface area contributed by atoms with Crippen LogP contribution in [0.3, 0.4) is 0 Å². The minimum atomic E-state index is -0.976. The molecule has 0 saturated carbocycles. The summed E-state index contributed by atoms with van der Waals surface area (Å²) in [5.41, 5.74) is -0.704. The number of methoxy groups -OCH3 is 1. The third kappa shape index (κ3) is 4.01. The molecule has 6 heteroatoms. The Balaban J connectivity index is 2.93. The number of esters is 1. The number of ether oxygens (including phenoxy) is 1. The van der Waals surface area contributed by atoms with Crippen LogP contribution >= 0.6 is 0 Å². The molecule has 1 unspecified atom stereocenters. The maximum atomic E-state index is 13.5. The minimum absolute atomic E-state index is 0.102. The van der Waals surface area contributed by atoms with Crippen molar-refractivity contribution in [3.63, 3.8) is 0 Å². The van der Waals surface area contributed by atoms with Crippen LogP contribution in [0.25, 0.3) is 0 Å². The molecular weight excluding hydrogens is 268 g/mol. The van der Waals surface area contributed by atoms with Crippen molar-refractivity contribution in [1.29, 1.82) is 0 Å². The third-order valence-corrected chi connectivity index (χ3v) is 2.69. The van der Waals surface area contributed by atoms with Crippen LogP contribution in [-0.2, 0) is 9.53 Å². The maximum Gasteiger partial charge on any atom is 0.328 e. The van der Waals surface area contributed by atoms with Crippen molar-refractivity contribution < 1.29 is 23.1 Å². The number of halogens is 2. The molecule has 1 rings (SSSR count). The molecule has 1 aromatic rings. The monoisotopic (exact) mass is 285 g/mol. The summed E-state index contributed by atoms with van der Waals surface area (Å²) >= 11 is 0. The molecule has 110 valence electrons. The lowest BCUT2D eigenvalue weighted by Gasteiger charge is -2.18. The fourth-order valence-corrected chi connectivity index (χ4v) is 1.77. The molecule has 0 aliphatic heterocycles. The normalized spacial score (nSPS) is 12.1. The van der Waals surface area contributed by atoms with Crippen molar-refractivity contribution >= 4 is 11.9 Å². The molecule has 4 nitrogen and oxygen atoms in total. The summed E-state index contributed by atoms with van der Waals surface area (Å²) in [6, 6.07) is 2.18. The predicted octanol–water partition coefficient (Wildman–Crippen LogP) is 2.28. The van der Waals surface area contributed by atoms with Gasteiger partial charge in [0.25, 0.3) is 5.91 Å². The fraction of sp³-hybridized carbons (Fsp3) is 0.429. The van der Waals surface area contributed by atoms with Gasteiger partial charge in [0.2, 0.25) is 0 Å². The summed E-state index contributed by atoms with van der Waals surface area (Å²) in [6.07, 6.45) is 0.314. The molecule has 1 atom stereocenters. The van der Waals surface area contributed by atoms with Gasteiger partial charge in [0, 0.05) is 0 Å². The lowest BCUT2D eigenvalue weighted by molar-refractivity contribution is -0.143. The van der Waals surface area contributed by atoms with Gasteiger partial charge in [0.1, 0.15) is 23.2 Å². The Morgan fingerprint density at radius 2 is 1.80 bits per heavy atom. The number of amides is 1. The van der Waals surface area contributed by atoms with Crippen LogP contribution < -0.4 is 5.32 Å². The Morgan fingerprint density at radius 3 is 2.25 bits per heavy atom. The van der Waals surface area contributed by atoms with Crippen molar-refractivity contribution in [3.8, 4) is 0 Å². The lowest BCUT2D eigenvalue weighted by Crippen LogP contribution is -2.43. The maximum absolute atomic E-state index is 13.5. The topological polar surface area (TPSA) is 55.4 Å². The SMILES string of the molecule is COC(=O)C(CC(C)C)NC(=O)c1c(F)cccc1F. The first-order chi connectivity index (χ1) is 9.36. The van der Waals surface area contributed by atoms with E-state index in [1.807, 2.05) is 13.8 Å². The van der Waals surface area contributed by atoms with E-state index in [4.69, 9.17) is 0 Å². The second-order valence-corrected chi connectivity index (χ2v) is 4.78. The molecule has 0 heterocycles. The highest BCUT2D eigenvalue weighted by Gasteiger charge is 2.25. The highest BCUT2D eigenvalue weighted by atomic mass is 19.1. The van der Waals surface area contributed by atoms with E-state index >= 15 is 0 Å². The van der Waals surface area contributed by atoms with Crippen molar-refractivity contribution in [2.24, 2.45) is 5.92 Å². The van der Waals surface area contributed by atoms with E-state index in [9.17, 15) is 18.4 Å². The molecule has 1 amide bonds. The van der Waals surface area contributed by atoms with E-state index in [2.05, 4.69) is 10.1 Å². The van der Waals surface area contributed by atoms with Gasteiger partial charge in [0.15, 0.2) is 0 Å². The summed E-state index contributed by atoms with van der Waals surface area (Å²) in [5, 5.41) is 2.30. The molecule has 0 aliphatic rings. The van der Waals surface area contributed by atoms with E-state index in [0.29, 0.717) is 6.42 Å². The van der Waals surface area contributed by atoms with Gasteiger partial charge < -0.3 is 10.1 Å². The first-order valence-electron chi connectivity index (χ1n) is 6.19. The van der Waals surface area contributed by atoms with Crippen LogP contribution in [0, 0.1) is 17.6 Å². The largest absolute Gasteiger partial charge is 0.467 e. The van der Waals surface area contributed by atoms with Crippen LogP contribution in [-0.4, -0.2) is 25.0 Å². The van der Waals surface area contributed by atoms with E-state index in [-0.39, 0.29) is 5.92 Å². The van der Waals surface area contributed by atoms with Crippen molar-refractivity contribution in [1.82, 2.24) is 5.32 Å². The second-order valence-electron chi connectivity index (χ2n) is 4.78. The standard InChI is InChI=1S/C14H17F2NO3/c1-8(2)7-11(14(19)20-3)17-13(18)12-9(15)5-4-6-10(12)16/h4-6,8,11H,7H2,1-3H3,(H,17,18). The summed E-state index contributed by atoms with van der Waals surface area (Å²) in [5.74, 6) is -3.48. The number of carbonyl (C=O) groups is 2. The number of carbonyl (C=O) groups excluding carboxylic acids is 2. The van der Waals surface area contributed by atoms with Gasteiger partial charge in [0.05, 0.1) is 7.11 Å². The molecule has 1 N–H and O–H groups in total. The van der Waals surface area contributed by atoms with Crippen LogP contribution in [0.5, 0.6) is 0 Å². The van der Waals surface area contributed by atoms with Crippen LogP contribution in [0.4, 0.5) is 8.78 Å². The summed E-state index contributed by atoms with van der Waals surface area (Å²) in [4.78, 5) is 23.5. The number of hydrogen-bond acceptors (Lipinski definition) is 3. The van der Waals surface area contributed by atoms with E-state index in [1.165, 1.54) is 7.11 Å². The summed E-state index contributed by atoms with van der Waals surface area (Å²) in [6.45, 7) is 3.71. The smallest absolute Gasteiger partial charge is 0.328 e. The van der Waals surface area contributed by atoms with Crippen molar-refractivity contribution in [2.75, 3.05) is 7.11 Å². The van der Waals surface area contributed by atoms with Crippen molar-refractivity contribution in [2.45, 2.75) is 26.3 Å². The Kier molecular flexibility index (Phi) is 5.61. The molecule has 0 radical (unpaired) electrons. The molecule has 0 saturated heterocycles. The number of nitrogens with one attached hydrogen (secondary N) is 1. The fourth-order valence-electron chi connectivity index (χ4n) is 1.77. The zero-order valence-electron chi connectivity index (χ0n) is 11.6. The molecule has 0 spiro atoms. The van der Waals surface area contributed by atoms with E-state index in [1.54, 1.807) is 0 Å². The van der Waals surface area contributed by atoms with Gasteiger partial charge in [-0.05, 0) is 24.5 Å². The van der Waals surface area contributed by atoms with Crippen LogP contribution in [0.2, 0.25) is 0 Å². The number of benzene rings is 1. The van der Waals surface area contributed by atoms with Gasteiger partial charge in [-0.3, -0.25) is 4.79 Å². The van der Waals surface area contributed by atoms with Gasteiger partial charge >= 0.3 is 5.97 Å². The zero-order chi connectivity index (χ0) is 15.3. The van der Waals surface area contributed by atoms with Crippen LogP contribution in [0.15, 0.2) is 18.2 Å². The molecule has 0 fully saturated rings. The Bertz CT molecular complexity index is 483. The van der Waals surface area contributed by atoms with Crippen molar-refractivity contribution in [3.05, 3.63) is 35.4 Å². The predicted molar refractivity (Wildman–Crippen MR) is 69.1 cm³/mol. The average Bonchev–Trinajstić information content (AvgIpc) is 2.36. The van der Waals surface area contributed by atoms with Crippen LogP contribution in [0.1, 0.15) is 30.6 Å². The Labute approximate surface area is 116 Å². The summed E-state index contributed by atoms with van der Waals surface area (Å²) < 4.78 is 31.5. The Morgan fingerprint density at radius 1 is 1.25 bits per heavy atom. The van der Waals surface area contributed by atoms with E-state index < -0.39 is 35.1 Å². The van der Waals surface area contributed by atoms with Gasteiger partial charge in [-0.25, -0.2) is 13.6 Å². The molecule has 0 aliphatic carbocycles. The van der Waals surface area contributed by atoms with Gasteiger partial charge in [-0.15, -0.1) is 0 Å². The highest BCUT2D eigenvalue weighted by molar-refractivity contribution is 5.97. The third-order valence-electron chi connectivity index (χ3n) is 2.69.